The van der Waals surface area contributed by atoms with Crippen LogP contribution in [-0.2, 0) is 19.9 Å². The zero-order valence-corrected chi connectivity index (χ0v) is 21.2. The van der Waals surface area contributed by atoms with Crippen molar-refractivity contribution in [2.75, 3.05) is 10.2 Å². The second kappa shape index (κ2) is 9.22. The normalized spacial score (nSPS) is 13.1. The molecule has 182 valence electrons. The number of hydrogen-bond donors (Lipinski definition) is 1. The van der Waals surface area contributed by atoms with Crippen LogP contribution in [0.2, 0.25) is 5.02 Å². The monoisotopic (exact) mass is 504 g/mol. The first-order valence-corrected chi connectivity index (χ1v) is 12.4. The largest absolute Gasteiger partial charge is 0.341 e. The molecule has 0 saturated heterocycles. The highest BCUT2D eigenvalue weighted by molar-refractivity contribution is 6.33. The SMILES string of the molecule is C=C1Nc2cc(-c3c(Cl)cccc3CCc3ncn(C)n3)ccc2C(=C)N1c1cncc2ccccc12. The molecule has 37 heavy (non-hydrogen) atoms. The predicted octanol–water partition coefficient (Wildman–Crippen LogP) is 6.84. The van der Waals surface area contributed by atoms with Gasteiger partial charge in [-0.2, -0.15) is 5.10 Å². The summed E-state index contributed by atoms with van der Waals surface area (Å²) >= 11 is 6.74. The van der Waals surface area contributed by atoms with Gasteiger partial charge in [-0.25, -0.2) is 4.98 Å². The van der Waals surface area contributed by atoms with Crippen molar-refractivity contribution in [2.24, 2.45) is 7.05 Å². The van der Waals surface area contributed by atoms with Gasteiger partial charge in [0, 0.05) is 58.0 Å². The number of aryl methyl sites for hydroxylation is 3. The Morgan fingerprint density at radius 3 is 2.68 bits per heavy atom. The summed E-state index contributed by atoms with van der Waals surface area (Å²) < 4.78 is 1.72. The molecular formula is C30H25ClN6. The minimum Gasteiger partial charge on any atom is -0.341 e. The number of aromatic nitrogens is 4. The lowest BCUT2D eigenvalue weighted by Gasteiger charge is -2.35. The van der Waals surface area contributed by atoms with Gasteiger partial charge in [0.25, 0.3) is 0 Å². The number of nitrogens with one attached hydrogen (secondary N) is 1. The molecule has 0 radical (unpaired) electrons. The highest BCUT2D eigenvalue weighted by Gasteiger charge is 2.26. The fourth-order valence-corrected chi connectivity index (χ4v) is 5.27. The third-order valence-corrected chi connectivity index (χ3v) is 7.01. The average Bonchev–Trinajstić information content (AvgIpc) is 3.32. The van der Waals surface area contributed by atoms with E-state index in [4.69, 9.17) is 11.6 Å². The summed E-state index contributed by atoms with van der Waals surface area (Å²) in [4.78, 5) is 10.8. The third-order valence-electron chi connectivity index (χ3n) is 6.69. The highest BCUT2D eigenvalue weighted by Crippen LogP contribution is 2.42. The maximum Gasteiger partial charge on any atom is 0.150 e. The molecule has 6 nitrogen and oxygen atoms in total. The summed E-state index contributed by atoms with van der Waals surface area (Å²) in [6, 6.07) is 20.5. The maximum atomic E-state index is 6.74. The van der Waals surface area contributed by atoms with Gasteiger partial charge in [-0.15, -0.1) is 0 Å². The van der Waals surface area contributed by atoms with Crippen molar-refractivity contribution in [1.82, 2.24) is 19.7 Å². The first-order chi connectivity index (χ1) is 18.0. The van der Waals surface area contributed by atoms with Crippen molar-refractivity contribution in [2.45, 2.75) is 12.8 Å². The Balaban J connectivity index is 1.36. The number of anilines is 2. The molecule has 3 aromatic carbocycles. The van der Waals surface area contributed by atoms with Gasteiger partial charge in [-0.05, 0) is 29.7 Å². The number of hydrogen-bond acceptors (Lipinski definition) is 5. The van der Waals surface area contributed by atoms with E-state index in [0.29, 0.717) is 10.8 Å². The Bertz CT molecular complexity index is 1680. The molecule has 1 aliphatic heterocycles. The number of benzene rings is 3. The summed E-state index contributed by atoms with van der Waals surface area (Å²) in [5.74, 6) is 1.53. The number of rotatable bonds is 5. The second-order valence-corrected chi connectivity index (χ2v) is 9.51. The van der Waals surface area contributed by atoms with Gasteiger partial charge in [0.15, 0.2) is 5.82 Å². The molecule has 0 unspecified atom stereocenters. The van der Waals surface area contributed by atoms with Crippen molar-refractivity contribution < 1.29 is 0 Å². The van der Waals surface area contributed by atoms with E-state index in [1.807, 2.05) is 48.6 Å². The van der Waals surface area contributed by atoms with Crippen LogP contribution in [0, 0.1) is 0 Å². The van der Waals surface area contributed by atoms with Crippen LogP contribution in [0.25, 0.3) is 27.6 Å². The first-order valence-electron chi connectivity index (χ1n) is 12.0. The predicted molar refractivity (Wildman–Crippen MR) is 151 cm³/mol. The molecule has 0 bridgehead atoms. The highest BCUT2D eigenvalue weighted by atomic mass is 35.5. The number of fused-ring (bicyclic) bond motifs is 2. The molecule has 1 aliphatic rings. The van der Waals surface area contributed by atoms with Crippen LogP contribution in [-0.4, -0.2) is 19.7 Å². The standard InChI is InChI=1S/C30H25ClN6/c1-19-24-13-11-22(30-21(8-6-10-26(30)31)12-14-29-33-18-36(3)35-29)15-27(24)34-20(2)37(19)28-17-32-16-23-7-4-5-9-25(23)28/h4-11,13,15-18,34H,1-2,12,14H2,3H3. The van der Waals surface area contributed by atoms with Crippen LogP contribution in [0.3, 0.4) is 0 Å². The van der Waals surface area contributed by atoms with Gasteiger partial charge in [-0.1, -0.05) is 73.3 Å². The van der Waals surface area contributed by atoms with E-state index >= 15 is 0 Å². The van der Waals surface area contributed by atoms with Crippen molar-refractivity contribution in [3.63, 3.8) is 0 Å². The van der Waals surface area contributed by atoms with E-state index in [1.165, 1.54) is 0 Å². The summed E-state index contributed by atoms with van der Waals surface area (Å²) in [6.45, 7) is 8.74. The maximum absolute atomic E-state index is 6.74. The molecule has 0 atom stereocenters. The Morgan fingerprint density at radius 1 is 0.973 bits per heavy atom. The minimum atomic E-state index is 0.711. The minimum absolute atomic E-state index is 0.711. The average molecular weight is 505 g/mol. The second-order valence-electron chi connectivity index (χ2n) is 9.10. The smallest absolute Gasteiger partial charge is 0.150 e. The Labute approximate surface area is 220 Å². The third kappa shape index (κ3) is 4.15. The molecular weight excluding hydrogens is 480 g/mol. The van der Waals surface area contributed by atoms with Crippen molar-refractivity contribution >= 4 is 39.4 Å². The molecule has 3 heterocycles. The Kier molecular flexibility index (Phi) is 5.74. The molecule has 2 aromatic heterocycles. The van der Waals surface area contributed by atoms with Crippen LogP contribution in [0.4, 0.5) is 11.4 Å². The summed E-state index contributed by atoms with van der Waals surface area (Å²) in [5.41, 5.74) is 6.90. The van der Waals surface area contributed by atoms with E-state index in [2.05, 4.69) is 69.9 Å². The van der Waals surface area contributed by atoms with E-state index in [9.17, 15) is 0 Å². The van der Waals surface area contributed by atoms with Crippen molar-refractivity contribution in [3.05, 3.63) is 120 Å². The zero-order chi connectivity index (χ0) is 25.5. The fourth-order valence-electron chi connectivity index (χ4n) is 4.96. The molecule has 0 spiro atoms. The lowest BCUT2D eigenvalue weighted by molar-refractivity contribution is 0.737. The van der Waals surface area contributed by atoms with E-state index in [1.54, 1.807) is 11.0 Å². The van der Waals surface area contributed by atoms with Crippen LogP contribution in [0.15, 0.2) is 98.4 Å². The number of halogens is 1. The topological polar surface area (TPSA) is 58.9 Å². The molecule has 0 amide bonds. The van der Waals surface area contributed by atoms with Crippen LogP contribution in [0.5, 0.6) is 0 Å². The molecule has 5 aromatic rings. The quantitative estimate of drug-likeness (QED) is 0.284. The van der Waals surface area contributed by atoms with E-state index in [-0.39, 0.29) is 0 Å². The van der Waals surface area contributed by atoms with Crippen LogP contribution < -0.4 is 10.2 Å². The number of pyridine rings is 1. The summed E-state index contributed by atoms with van der Waals surface area (Å²) in [5, 5.41) is 10.8. The molecule has 1 N–H and O–H groups in total. The number of nitrogens with zero attached hydrogens (tertiary/aromatic N) is 5. The molecule has 0 saturated carbocycles. The molecule has 7 heteroatoms. The van der Waals surface area contributed by atoms with E-state index in [0.717, 1.165) is 68.8 Å². The summed E-state index contributed by atoms with van der Waals surface area (Å²) in [7, 11) is 1.88. The van der Waals surface area contributed by atoms with Gasteiger partial charge in [0.2, 0.25) is 0 Å². The van der Waals surface area contributed by atoms with Crippen molar-refractivity contribution in [1.29, 1.82) is 0 Å². The van der Waals surface area contributed by atoms with Gasteiger partial charge < -0.3 is 5.32 Å². The summed E-state index contributed by atoms with van der Waals surface area (Å²) in [6.07, 6.45) is 6.96. The first kappa shape index (κ1) is 23.0. The lowest BCUT2D eigenvalue weighted by atomic mass is 9.93. The van der Waals surface area contributed by atoms with Crippen LogP contribution >= 0.6 is 11.6 Å². The van der Waals surface area contributed by atoms with E-state index < -0.39 is 0 Å². The fraction of sp³-hybridized carbons (Fsp3) is 0.100. The van der Waals surface area contributed by atoms with Gasteiger partial charge in [0.05, 0.1) is 11.9 Å². The van der Waals surface area contributed by atoms with Gasteiger partial charge >= 0.3 is 0 Å². The van der Waals surface area contributed by atoms with Gasteiger partial charge in [-0.3, -0.25) is 14.6 Å². The molecule has 6 rings (SSSR count). The zero-order valence-electron chi connectivity index (χ0n) is 20.4. The Hall–Kier alpha value is -4.42. The van der Waals surface area contributed by atoms with Crippen LogP contribution in [0.1, 0.15) is 17.0 Å². The lowest BCUT2D eigenvalue weighted by Crippen LogP contribution is -2.29. The molecule has 0 fully saturated rings. The molecule has 0 aliphatic carbocycles. The van der Waals surface area contributed by atoms with Gasteiger partial charge in [0.1, 0.15) is 12.1 Å². The Morgan fingerprint density at radius 2 is 1.84 bits per heavy atom. The van der Waals surface area contributed by atoms with Crippen molar-refractivity contribution in [3.8, 4) is 11.1 Å².